The number of nitrogen functional groups attached to an aromatic ring is 1. The van der Waals surface area contributed by atoms with Crippen LogP contribution < -0.4 is 10.6 Å². The number of anilines is 2. The SMILES string of the molecule is C[C@@H]1CN(C2CN(c3cnc4ccc(-c5ccc6oc(N)nc6c5)nc4n3)C2)CCN1C. The zero-order chi connectivity index (χ0) is 21.8. The van der Waals surface area contributed by atoms with Gasteiger partial charge in [-0.05, 0) is 44.3 Å². The molecule has 0 amide bonds. The van der Waals surface area contributed by atoms with E-state index in [2.05, 4.69) is 38.6 Å². The van der Waals surface area contributed by atoms with Gasteiger partial charge >= 0.3 is 0 Å². The summed E-state index contributed by atoms with van der Waals surface area (Å²) in [5, 5.41) is 0. The molecule has 0 spiro atoms. The summed E-state index contributed by atoms with van der Waals surface area (Å²) in [4.78, 5) is 25.8. The molecule has 5 heterocycles. The molecule has 1 aromatic carbocycles. The summed E-state index contributed by atoms with van der Waals surface area (Å²) in [6, 6.07) is 11.0. The molecule has 4 aromatic rings. The molecule has 9 heteroatoms. The van der Waals surface area contributed by atoms with E-state index in [9.17, 15) is 0 Å². The Morgan fingerprint density at radius 1 is 1.00 bits per heavy atom. The maximum Gasteiger partial charge on any atom is 0.292 e. The van der Waals surface area contributed by atoms with Crippen LogP contribution in [0.1, 0.15) is 6.92 Å². The summed E-state index contributed by atoms with van der Waals surface area (Å²) >= 11 is 0. The molecular formula is C23H26N8O. The molecule has 2 aliphatic heterocycles. The van der Waals surface area contributed by atoms with E-state index in [1.165, 1.54) is 0 Å². The lowest BCUT2D eigenvalue weighted by molar-refractivity contribution is 0.0610. The molecule has 164 valence electrons. The number of hydrogen-bond acceptors (Lipinski definition) is 9. The van der Waals surface area contributed by atoms with Crippen molar-refractivity contribution in [2.24, 2.45) is 0 Å². The van der Waals surface area contributed by atoms with Gasteiger partial charge < -0.3 is 20.0 Å². The largest absolute Gasteiger partial charge is 0.424 e. The molecular weight excluding hydrogens is 404 g/mol. The van der Waals surface area contributed by atoms with Crippen LogP contribution in [0.3, 0.4) is 0 Å². The highest BCUT2D eigenvalue weighted by atomic mass is 16.4. The highest BCUT2D eigenvalue weighted by molar-refractivity contribution is 5.82. The fourth-order valence-electron chi connectivity index (χ4n) is 4.59. The molecule has 2 fully saturated rings. The van der Waals surface area contributed by atoms with Crippen molar-refractivity contribution in [1.82, 2.24) is 29.7 Å². The number of likely N-dealkylation sites (N-methyl/N-ethyl adjacent to an activating group) is 1. The van der Waals surface area contributed by atoms with Crippen LogP contribution in [0.25, 0.3) is 33.5 Å². The molecule has 0 unspecified atom stereocenters. The molecule has 0 radical (unpaired) electrons. The number of fused-ring (bicyclic) bond motifs is 2. The number of pyridine rings is 1. The zero-order valence-corrected chi connectivity index (χ0v) is 18.3. The van der Waals surface area contributed by atoms with Crippen molar-refractivity contribution >= 4 is 34.1 Å². The van der Waals surface area contributed by atoms with Crippen LogP contribution in [0.15, 0.2) is 40.9 Å². The topological polar surface area (TPSA) is 100 Å². The lowest BCUT2D eigenvalue weighted by atomic mass is 10.0. The predicted molar refractivity (Wildman–Crippen MR) is 124 cm³/mol. The predicted octanol–water partition coefficient (Wildman–Crippen LogP) is 2.24. The van der Waals surface area contributed by atoms with E-state index in [4.69, 9.17) is 20.1 Å². The Bertz CT molecular complexity index is 1300. The monoisotopic (exact) mass is 430 g/mol. The van der Waals surface area contributed by atoms with E-state index < -0.39 is 0 Å². The Labute approximate surface area is 185 Å². The van der Waals surface area contributed by atoms with E-state index in [1.807, 2.05) is 36.5 Å². The standard InChI is InChI=1S/C23H26N8O/c1-14-11-30(8-7-29(14)2)16-12-31(13-16)21-10-25-18-5-4-17(26-22(18)28-21)15-3-6-20-19(9-15)27-23(24)32-20/h3-6,9-10,14,16H,7-8,11-13H2,1-2H3,(H2,24,27)/t14-/m1/s1. The van der Waals surface area contributed by atoms with E-state index in [0.29, 0.717) is 28.8 Å². The maximum absolute atomic E-state index is 5.67. The minimum Gasteiger partial charge on any atom is -0.424 e. The van der Waals surface area contributed by atoms with Crippen molar-refractivity contribution in [2.75, 3.05) is 50.4 Å². The number of benzene rings is 1. The maximum atomic E-state index is 5.67. The molecule has 6 rings (SSSR count). The molecule has 0 bridgehead atoms. The summed E-state index contributed by atoms with van der Waals surface area (Å²) < 4.78 is 5.37. The van der Waals surface area contributed by atoms with Crippen LogP contribution in [-0.2, 0) is 0 Å². The Kier molecular flexibility index (Phi) is 4.48. The van der Waals surface area contributed by atoms with Crippen molar-refractivity contribution in [2.45, 2.75) is 19.0 Å². The second-order valence-corrected chi connectivity index (χ2v) is 8.89. The average Bonchev–Trinajstić information content (AvgIpc) is 3.14. The van der Waals surface area contributed by atoms with E-state index in [-0.39, 0.29) is 6.01 Å². The van der Waals surface area contributed by atoms with Gasteiger partial charge in [0, 0.05) is 50.4 Å². The molecule has 1 atom stereocenters. The van der Waals surface area contributed by atoms with Crippen LogP contribution in [0.2, 0.25) is 0 Å². The molecule has 9 nitrogen and oxygen atoms in total. The summed E-state index contributed by atoms with van der Waals surface area (Å²) in [6.45, 7) is 7.67. The quantitative estimate of drug-likeness (QED) is 0.524. The van der Waals surface area contributed by atoms with Crippen molar-refractivity contribution in [3.8, 4) is 11.3 Å². The Hall–Kier alpha value is -3.30. The molecule has 0 saturated carbocycles. The Morgan fingerprint density at radius 3 is 2.72 bits per heavy atom. The lowest BCUT2D eigenvalue weighted by Gasteiger charge is -2.49. The van der Waals surface area contributed by atoms with Crippen LogP contribution in [0.4, 0.5) is 11.8 Å². The number of aromatic nitrogens is 4. The van der Waals surface area contributed by atoms with Gasteiger partial charge in [0.2, 0.25) is 0 Å². The third-order valence-corrected chi connectivity index (χ3v) is 6.79. The molecule has 2 saturated heterocycles. The zero-order valence-electron chi connectivity index (χ0n) is 18.3. The smallest absolute Gasteiger partial charge is 0.292 e. The van der Waals surface area contributed by atoms with Crippen molar-refractivity contribution in [3.63, 3.8) is 0 Å². The lowest BCUT2D eigenvalue weighted by Crippen LogP contribution is -2.64. The highest BCUT2D eigenvalue weighted by Crippen LogP contribution is 2.27. The van der Waals surface area contributed by atoms with Gasteiger partial charge in [-0.3, -0.25) is 4.90 Å². The number of piperazine rings is 1. The fraction of sp³-hybridized carbons (Fsp3) is 0.391. The summed E-state index contributed by atoms with van der Waals surface area (Å²) in [5.41, 5.74) is 10.2. The van der Waals surface area contributed by atoms with Gasteiger partial charge in [0.05, 0.1) is 11.9 Å². The first kappa shape index (κ1) is 19.4. The summed E-state index contributed by atoms with van der Waals surface area (Å²) in [7, 11) is 2.21. The van der Waals surface area contributed by atoms with Crippen molar-refractivity contribution < 1.29 is 4.42 Å². The average molecular weight is 431 g/mol. The van der Waals surface area contributed by atoms with Crippen LogP contribution in [0.5, 0.6) is 0 Å². The molecule has 2 aliphatic rings. The van der Waals surface area contributed by atoms with E-state index in [0.717, 1.165) is 55.3 Å². The number of nitrogens with two attached hydrogens (primary N) is 1. The fourth-order valence-corrected chi connectivity index (χ4v) is 4.59. The molecule has 2 N–H and O–H groups in total. The van der Waals surface area contributed by atoms with Gasteiger partial charge in [0.25, 0.3) is 6.01 Å². The molecule has 3 aromatic heterocycles. The first-order valence-corrected chi connectivity index (χ1v) is 11.0. The normalized spacial score (nSPS) is 20.8. The number of oxazole rings is 1. The molecule has 0 aliphatic carbocycles. The van der Waals surface area contributed by atoms with Gasteiger partial charge in [0.1, 0.15) is 16.9 Å². The first-order valence-electron chi connectivity index (χ1n) is 11.0. The Morgan fingerprint density at radius 2 is 1.88 bits per heavy atom. The van der Waals surface area contributed by atoms with Gasteiger partial charge in [-0.15, -0.1) is 0 Å². The van der Waals surface area contributed by atoms with Crippen molar-refractivity contribution in [1.29, 1.82) is 0 Å². The first-order chi connectivity index (χ1) is 15.5. The van der Waals surface area contributed by atoms with Crippen LogP contribution in [-0.4, -0.2) is 81.6 Å². The van der Waals surface area contributed by atoms with Gasteiger partial charge in [-0.2, -0.15) is 4.98 Å². The summed E-state index contributed by atoms with van der Waals surface area (Å²) in [6.07, 6.45) is 1.86. The third kappa shape index (κ3) is 3.34. The van der Waals surface area contributed by atoms with Gasteiger partial charge in [0.15, 0.2) is 11.2 Å². The minimum atomic E-state index is 0.165. The van der Waals surface area contributed by atoms with Crippen molar-refractivity contribution in [3.05, 3.63) is 36.5 Å². The Balaban J connectivity index is 1.22. The van der Waals surface area contributed by atoms with Crippen LogP contribution >= 0.6 is 0 Å². The second kappa shape index (κ2) is 7.39. The number of nitrogens with zero attached hydrogens (tertiary/aromatic N) is 7. The van der Waals surface area contributed by atoms with Gasteiger partial charge in [-0.1, -0.05) is 0 Å². The number of rotatable bonds is 3. The van der Waals surface area contributed by atoms with E-state index in [1.54, 1.807) is 0 Å². The number of hydrogen-bond donors (Lipinski definition) is 1. The third-order valence-electron chi connectivity index (χ3n) is 6.79. The highest BCUT2D eigenvalue weighted by Gasteiger charge is 2.35. The van der Waals surface area contributed by atoms with E-state index >= 15 is 0 Å². The van der Waals surface area contributed by atoms with Gasteiger partial charge in [-0.25, -0.2) is 15.0 Å². The molecule has 32 heavy (non-hydrogen) atoms. The minimum absolute atomic E-state index is 0.165. The second-order valence-electron chi connectivity index (χ2n) is 8.89. The summed E-state index contributed by atoms with van der Waals surface area (Å²) in [5.74, 6) is 0.889. The van der Waals surface area contributed by atoms with Crippen LogP contribution in [0, 0.1) is 0 Å².